The lowest BCUT2D eigenvalue weighted by atomic mass is 10.0. The maximum atomic E-state index is 12.8. The van der Waals surface area contributed by atoms with Crippen LogP contribution in [-0.2, 0) is 28.6 Å². The van der Waals surface area contributed by atoms with Gasteiger partial charge in [-0.2, -0.15) is 0 Å². The Labute approximate surface area is 430 Å². The lowest BCUT2D eigenvalue weighted by molar-refractivity contribution is -0.166. The first-order valence-electron chi connectivity index (χ1n) is 28.2. The molecule has 0 aliphatic rings. The van der Waals surface area contributed by atoms with Gasteiger partial charge in [-0.05, 0) is 96.3 Å². The first-order valence-corrected chi connectivity index (χ1v) is 28.2. The SMILES string of the molecule is CC/C=C/C/C=C/C/C=C/C/C=C/C/C=C/C/C=C/CCC(=O)OC[C@@H](COC(=O)CCCCCCCCCCCCCCCCCC)OC(=O)CCC/C=C/C/C=C/C/C=C/C/C=C/C/C=C/CC. The van der Waals surface area contributed by atoms with Gasteiger partial charge in [-0.1, -0.05) is 251 Å². The highest BCUT2D eigenvalue weighted by Crippen LogP contribution is 2.15. The van der Waals surface area contributed by atoms with E-state index in [4.69, 9.17) is 14.2 Å². The molecule has 0 aromatic rings. The van der Waals surface area contributed by atoms with Crippen molar-refractivity contribution in [3.63, 3.8) is 0 Å². The van der Waals surface area contributed by atoms with Crippen LogP contribution in [0.2, 0.25) is 0 Å². The van der Waals surface area contributed by atoms with Gasteiger partial charge < -0.3 is 14.2 Å². The van der Waals surface area contributed by atoms with E-state index in [9.17, 15) is 14.4 Å². The zero-order chi connectivity index (χ0) is 50.7. The van der Waals surface area contributed by atoms with Crippen LogP contribution in [-0.4, -0.2) is 37.2 Å². The molecule has 0 fully saturated rings. The molecule has 0 unspecified atom stereocenters. The number of carbonyl (C=O) groups is 3. The minimum atomic E-state index is -0.842. The molecule has 0 heterocycles. The predicted octanol–water partition coefficient (Wildman–Crippen LogP) is 19.0. The molecule has 394 valence electrons. The van der Waals surface area contributed by atoms with Crippen LogP contribution in [0, 0.1) is 0 Å². The Morgan fingerprint density at radius 3 is 0.943 bits per heavy atom. The predicted molar refractivity (Wildman–Crippen MR) is 302 cm³/mol. The summed E-state index contributed by atoms with van der Waals surface area (Å²) < 4.78 is 16.7. The number of esters is 3. The minimum Gasteiger partial charge on any atom is -0.462 e. The van der Waals surface area contributed by atoms with E-state index in [0.29, 0.717) is 19.3 Å². The number of ether oxygens (including phenoxy) is 3. The van der Waals surface area contributed by atoms with Gasteiger partial charge in [0.1, 0.15) is 13.2 Å². The van der Waals surface area contributed by atoms with Crippen molar-refractivity contribution in [2.24, 2.45) is 0 Å². The van der Waals surface area contributed by atoms with Gasteiger partial charge in [0.2, 0.25) is 0 Å². The summed E-state index contributed by atoms with van der Waals surface area (Å²) in [6, 6.07) is 0. The fourth-order valence-electron chi connectivity index (χ4n) is 7.27. The van der Waals surface area contributed by atoms with E-state index in [2.05, 4.69) is 142 Å². The summed E-state index contributed by atoms with van der Waals surface area (Å²) in [5.41, 5.74) is 0. The Balaban J connectivity index is 4.60. The first kappa shape index (κ1) is 65.5. The third-order valence-corrected chi connectivity index (χ3v) is 11.4. The maximum absolute atomic E-state index is 12.8. The largest absolute Gasteiger partial charge is 0.462 e. The number of hydrogen-bond acceptors (Lipinski definition) is 6. The fourth-order valence-corrected chi connectivity index (χ4v) is 7.27. The molecule has 70 heavy (non-hydrogen) atoms. The van der Waals surface area contributed by atoms with E-state index in [1.54, 1.807) is 0 Å². The molecule has 0 rings (SSSR count). The molecule has 0 N–H and O–H groups in total. The van der Waals surface area contributed by atoms with Crippen molar-refractivity contribution in [3.8, 4) is 0 Å². The minimum absolute atomic E-state index is 0.126. The Kier molecular flexibility index (Phi) is 53.5. The quantitative estimate of drug-likeness (QED) is 0.0262. The van der Waals surface area contributed by atoms with Crippen LogP contribution in [0.5, 0.6) is 0 Å². The van der Waals surface area contributed by atoms with Crippen LogP contribution in [0.1, 0.15) is 233 Å². The van der Waals surface area contributed by atoms with Crippen molar-refractivity contribution in [2.45, 2.75) is 239 Å². The average Bonchev–Trinajstić information content (AvgIpc) is 3.36. The standard InChI is InChI=1S/C64H102O6/c1-4-7-10-13-16-19-22-25-28-31-32-34-36-39-42-45-48-51-54-57-63(66)69-60-61(59-68-62(65)56-53-50-47-44-41-38-35-30-27-24-21-18-15-12-9-6-3)70-64(67)58-55-52-49-46-43-40-37-33-29-26-23-20-17-14-11-8-5-2/h7-8,10-11,16-17,19-20,25-26,28-29,32,34,37,39-40,42,46,48-49,51,61H,4-6,9,12-15,18,21-24,27,30-31,33,35-36,38,41,43-45,47,50,52-60H2,1-3H3/b10-7+,11-8+,19-16+,20-17+,28-25+,29-26+,34-32+,40-37+,42-39+,49-46+,51-48+/t61-/m1/s1. The Bertz CT molecular complexity index is 1530. The molecule has 6 nitrogen and oxygen atoms in total. The fraction of sp³-hybridized carbons (Fsp3) is 0.609. The topological polar surface area (TPSA) is 78.9 Å². The summed E-state index contributed by atoms with van der Waals surface area (Å²) in [7, 11) is 0. The first-order chi connectivity index (χ1) is 34.5. The van der Waals surface area contributed by atoms with E-state index in [1.807, 2.05) is 12.2 Å². The molecule has 0 bridgehead atoms. The Hall–Kier alpha value is -4.45. The molecule has 0 aromatic heterocycles. The zero-order valence-corrected chi connectivity index (χ0v) is 45.0. The lowest BCUT2D eigenvalue weighted by Crippen LogP contribution is -2.30. The van der Waals surface area contributed by atoms with Crippen molar-refractivity contribution in [3.05, 3.63) is 134 Å². The maximum Gasteiger partial charge on any atom is 0.306 e. The second-order valence-corrected chi connectivity index (χ2v) is 18.1. The van der Waals surface area contributed by atoms with Crippen molar-refractivity contribution < 1.29 is 28.6 Å². The Morgan fingerprint density at radius 2 is 0.586 bits per heavy atom. The van der Waals surface area contributed by atoms with Gasteiger partial charge >= 0.3 is 17.9 Å². The zero-order valence-electron chi connectivity index (χ0n) is 45.0. The Morgan fingerprint density at radius 1 is 0.300 bits per heavy atom. The summed E-state index contributed by atoms with van der Waals surface area (Å²) in [5.74, 6) is -1.08. The highest BCUT2D eigenvalue weighted by Gasteiger charge is 2.19. The van der Waals surface area contributed by atoms with Crippen molar-refractivity contribution >= 4 is 17.9 Å². The van der Waals surface area contributed by atoms with Gasteiger partial charge in [0.25, 0.3) is 0 Å². The third-order valence-electron chi connectivity index (χ3n) is 11.4. The summed E-state index contributed by atoms with van der Waals surface area (Å²) in [4.78, 5) is 38.1. The molecule has 1 atom stereocenters. The molecule has 0 spiro atoms. The van der Waals surface area contributed by atoms with Crippen molar-refractivity contribution in [2.75, 3.05) is 13.2 Å². The molecule has 0 aliphatic carbocycles. The van der Waals surface area contributed by atoms with Crippen LogP contribution < -0.4 is 0 Å². The average molecular weight is 968 g/mol. The van der Waals surface area contributed by atoms with E-state index in [1.165, 1.54) is 83.5 Å². The van der Waals surface area contributed by atoms with Crippen LogP contribution in [0.15, 0.2) is 134 Å². The molecule has 0 amide bonds. The van der Waals surface area contributed by atoms with Gasteiger partial charge in [0.05, 0.1) is 0 Å². The van der Waals surface area contributed by atoms with Crippen LogP contribution >= 0.6 is 0 Å². The van der Waals surface area contributed by atoms with Crippen molar-refractivity contribution in [1.82, 2.24) is 0 Å². The molecule has 0 aliphatic heterocycles. The van der Waals surface area contributed by atoms with Gasteiger partial charge in [0, 0.05) is 19.3 Å². The number of unbranched alkanes of at least 4 members (excludes halogenated alkanes) is 16. The summed E-state index contributed by atoms with van der Waals surface area (Å²) in [6.45, 7) is 6.30. The lowest BCUT2D eigenvalue weighted by Gasteiger charge is -2.18. The molecule has 0 aromatic carbocycles. The van der Waals surface area contributed by atoms with Crippen LogP contribution in [0.3, 0.4) is 0 Å². The number of allylic oxidation sites excluding steroid dienone is 22. The summed E-state index contributed by atoms with van der Waals surface area (Å²) in [5, 5.41) is 0. The monoisotopic (exact) mass is 967 g/mol. The highest BCUT2D eigenvalue weighted by atomic mass is 16.6. The second kappa shape index (κ2) is 57.1. The molecule has 6 heteroatoms. The second-order valence-electron chi connectivity index (χ2n) is 18.1. The molecular weight excluding hydrogens is 865 g/mol. The summed E-state index contributed by atoms with van der Waals surface area (Å²) in [6.07, 6.45) is 80.3. The summed E-state index contributed by atoms with van der Waals surface area (Å²) >= 11 is 0. The van der Waals surface area contributed by atoms with Crippen LogP contribution in [0.4, 0.5) is 0 Å². The molecular formula is C64H102O6. The van der Waals surface area contributed by atoms with E-state index < -0.39 is 6.10 Å². The number of rotatable bonds is 49. The molecule has 0 radical (unpaired) electrons. The normalized spacial score (nSPS) is 13.1. The number of carbonyl (C=O) groups excluding carboxylic acids is 3. The van der Waals surface area contributed by atoms with E-state index in [0.717, 1.165) is 96.3 Å². The van der Waals surface area contributed by atoms with Crippen molar-refractivity contribution in [1.29, 1.82) is 0 Å². The van der Waals surface area contributed by atoms with Gasteiger partial charge in [-0.3, -0.25) is 14.4 Å². The van der Waals surface area contributed by atoms with Gasteiger partial charge in [-0.15, -0.1) is 0 Å². The van der Waals surface area contributed by atoms with Gasteiger partial charge in [-0.25, -0.2) is 0 Å². The third kappa shape index (κ3) is 54.5. The van der Waals surface area contributed by atoms with E-state index >= 15 is 0 Å². The van der Waals surface area contributed by atoms with Gasteiger partial charge in [0.15, 0.2) is 6.10 Å². The van der Waals surface area contributed by atoms with E-state index in [-0.39, 0.29) is 44.0 Å². The number of hydrogen-bond donors (Lipinski definition) is 0. The smallest absolute Gasteiger partial charge is 0.306 e. The van der Waals surface area contributed by atoms with Crippen LogP contribution in [0.25, 0.3) is 0 Å². The molecule has 0 saturated heterocycles. The molecule has 0 saturated carbocycles. The highest BCUT2D eigenvalue weighted by molar-refractivity contribution is 5.71.